The Balaban J connectivity index is 2.11. The van der Waals surface area contributed by atoms with Crippen molar-refractivity contribution in [2.24, 2.45) is 11.3 Å². The summed E-state index contributed by atoms with van der Waals surface area (Å²) in [7, 11) is 0. The maximum atomic E-state index is 12.8. The largest absolute Gasteiger partial charge is 0.348 e. The standard InChI is InChI=1S/C16H26N2OS/c1-4-6-13(14-7-5-10-20-14)18-15(19)16(12(2)3)8-9-17-11-16/h5,7,10,12-13,17H,4,6,8-9,11H2,1-3H3,(H,18,19). The van der Waals surface area contributed by atoms with Gasteiger partial charge in [-0.3, -0.25) is 4.79 Å². The number of thiophene rings is 1. The lowest BCUT2D eigenvalue weighted by Gasteiger charge is -2.33. The number of rotatable bonds is 6. The molecular formula is C16H26N2OS. The molecule has 0 radical (unpaired) electrons. The van der Waals surface area contributed by atoms with Gasteiger partial charge in [-0.15, -0.1) is 11.3 Å². The summed E-state index contributed by atoms with van der Waals surface area (Å²) in [5.41, 5.74) is -0.233. The number of nitrogens with one attached hydrogen (secondary N) is 2. The van der Waals surface area contributed by atoms with Gasteiger partial charge in [-0.1, -0.05) is 33.3 Å². The Morgan fingerprint density at radius 2 is 2.35 bits per heavy atom. The third-order valence-electron chi connectivity index (χ3n) is 4.52. The Kier molecular flexibility index (Phi) is 5.22. The van der Waals surface area contributed by atoms with Crippen molar-refractivity contribution in [3.8, 4) is 0 Å². The molecule has 1 fully saturated rings. The summed E-state index contributed by atoms with van der Waals surface area (Å²) < 4.78 is 0. The van der Waals surface area contributed by atoms with E-state index in [2.05, 4.69) is 48.9 Å². The van der Waals surface area contributed by atoms with Crippen molar-refractivity contribution in [3.05, 3.63) is 22.4 Å². The average Bonchev–Trinajstić information content (AvgIpc) is 3.10. The molecule has 2 unspecified atom stereocenters. The number of carbonyl (C=O) groups excluding carboxylic acids is 1. The van der Waals surface area contributed by atoms with Crippen molar-refractivity contribution in [1.29, 1.82) is 0 Å². The van der Waals surface area contributed by atoms with Gasteiger partial charge < -0.3 is 10.6 Å². The topological polar surface area (TPSA) is 41.1 Å². The molecule has 0 aromatic carbocycles. The van der Waals surface area contributed by atoms with Crippen molar-refractivity contribution in [2.45, 2.75) is 46.1 Å². The number of carbonyl (C=O) groups is 1. The van der Waals surface area contributed by atoms with Gasteiger partial charge in [0.1, 0.15) is 0 Å². The zero-order valence-corrected chi connectivity index (χ0v) is 13.6. The first kappa shape index (κ1) is 15.5. The Morgan fingerprint density at radius 1 is 1.55 bits per heavy atom. The van der Waals surface area contributed by atoms with Crippen LogP contribution >= 0.6 is 11.3 Å². The molecule has 0 spiro atoms. The SMILES string of the molecule is CCCC(NC(=O)C1(C(C)C)CCNC1)c1cccs1. The normalized spacial score (nSPS) is 24.0. The van der Waals surface area contributed by atoms with Gasteiger partial charge in [-0.05, 0) is 36.8 Å². The molecule has 0 saturated carbocycles. The van der Waals surface area contributed by atoms with Gasteiger partial charge in [0.25, 0.3) is 0 Å². The van der Waals surface area contributed by atoms with Crippen LogP contribution < -0.4 is 10.6 Å². The first-order valence-electron chi connectivity index (χ1n) is 7.65. The number of amides is 1. The second-order valence-electron chi connectivity index (χ2n) is 6.07. The fourth-order valence-electron chi connectivity index (χ4n) is 3.03. The van der Waals surface area contributed by atoms with E-state index < -0.39 is 0 Å². The van der Waals surface area contributed by atoms with Crippen molar-refractivity contribution in [1.82, 2.24) is 10.6 Å². The molecule has 2 atom stereocenters. The fourth-order valence-corrected chi connectivity index (χ4v) is 3.84. The average molecular weight is 294 g/mol. The maximum absolute atomic E-state index is 12.8. The van der Waals surface area contributed by atoms with E-state index in [0.717, 1.165) is 32.4 Å². The highest BCUT2D eigenvalue weighted by atomic mass is 32.1. The molecule has 2 rings (SSSR count). The van der Waals surface area contributed by atoms with Gasteiger partial charge in [0.05, 0.1) is 11.5 Å². The van der Waals surface area contributed by atoms with E-state index in [4.69, 9.17) is 0 Å². The molecule has 2 N–H and O–H groups in total. The van der Waals surface area contributed by atoms with Crippen molar-refractivity contribution >= 4 is 17.2 Å². The molecule has 20 heavy (non-hydrogen) atoms. The van der Waals surface area contributed by atoms with Crippen LogP contribution in [0.15, 0.2) is 17.5 Å². The lowest BCUT2D eigenvalue weighted by atomic mass is 9.75. The number of hydrogen-bond donors (Lipinski definition) is 2. The molecule has 1 aliphatic rings. The van der Waals surface area contributed by atoms with Crippen LogP contribution in [0.3, 0.4) is 0 Å². The van der Waals surface area contributed by atoms with E-state index in [-0.39, 0.29) is 17.4 Å². The van der Waals surface area contributed by atoms with Crippen LogP contribution in [0.2, 0.25) is 0 Å². The first-order valence-corrected chi connectivity index (χ1v) is 8.53. The second kappa shape index (κ2) is 6.72. The summed E-state index contributed by atoms with van der Waals surface area (Å²) in [6.07, 6.45) is 3.03. The summed E-state index contributed by atoms with van der Waals surface area (Å²) in [5.74, 6) is 0.590. The molecule has 1 aromatic rings. The highest BCUT2D eigenvalue weighted by Crippen LogP contribution is 2.35. The molecule has 1 saturated heterocycles. The molecule has 4 heteroatoms. The molecule has 1 amide bonds. The summed E-state index contributed by atoms with van der Waals surface area (Å²) in [6.45, 7) is 8.24. The minimum Gasteiger partial charge on any atom is -0.348 e. The Bertz CT molecular complexity index is 422. The van der Waals surface area contributed by atoms with E-state index in [1.54, 1.807) is 11.3 Å². The Morgan fingerprint density at radius 3 is 2.85 bits per heavy atom. The molecule has 1 aliphatic heterocycles. The highest BCUT2D eigenvalue weighted by Gasteiger charge is 2.44. The highest BCUT2D eigenvalue weighted by molar-refractivity contribution is 7.10. The number of hydrogen-bond acceptors (Lipinski definition) is 3. The quantitative estimate of drug-likeness (QED) is 0.845. The summed E-state index contributed by atoms with van der Waals surface area (Å²) in [6, 6.07) is 4.36. The van der Waals surface area contributed by atoms with E-state index >= 15 is 0 Å². The van der Waals surface area contributed by atoms with Gasteiger partial charge in [0, 0.05) is 11.4 Å². The zero-order chi connectivity index (χ0) is 14.6. The Hall–Kier alpha value is -0.870. The molecular weight excluding hydrogens is 268 g/mol. The predicted molar refractivity (Wildman–Crippen MR) is 84.9 cm³/mol. The summed E-state index contributed by atoms with van der Waals surface area (Å²) in [4.78, 5) is 14.1. The lowest BCUT2D eigenvalue weighted by Crippen LogP contribution is -2.47. The lowest BCUT2D eigenvalue weighted by molar-refractivity contribution is -0.133. The molecule has 0 aliphatic carbocycles. The molecule has 3 nitrogen and oxygen atoms in total. The van der Waals surface area contributed by atoms with Crippen LogP contribution in [0.1, 0.15) is 51.0 Å². The van der Waals surface area contributed by atoms with Gasteiger partial charge >= 0.3 is 0 Å². The summed E-state index contributed by atoms with van der Waals surface area (Å²) >= 11 is 1.73. The van der Waals surface area contributed by atoms with Crippen LogP contribution in [0.5, 0.6) is 0 Å². The monoisotopic (exact) mass is 294 g/mol. The van der Waals surface area contributed by atoms with E-state index in [0.29, 0.717) is 5.92 Å². The van der Waals surface area contributed by atoms with E-state index in [9.17, 15) is 4.79 Å². The molecule has 2 heterocycles. The summed E-state index contributed by atoms with van der Waals surface area (Å²) in [5, 5.41) is 8.76. The minimum atomic E-state index is -0.233. The third kappa shape index (κ3) is 3.07. The zero-order valence-electron chi connectivity index (χ0n) is 12.7. The predicted octanol–water partition coefficient (Wildman–Crippen LogP) is 3.34. The molecule has 112 valence electrons. The Labute approximate surface area is 126 Å². The van der Waals surface area contributed by atoms with Gasteiger partial charge in [-0.25, -0.2) is 0 Å². The van der Waals surface area contributed by atoms with Crippen LogP contribution in [0.25, 0.3) is 0 Å². The fraction of sp³-hybridized carbons (Fsp3) is 0.688. The van der Waals surface area contributed by atoms with Gasteiger partial charge in [0.2, 0.25) is 5.91 Å². The van der Waals surface area contributed by atoms with Crippen LogP contribution in [0, 0.1) is 11.3 Å². The molecule has 1 aromatic heterocycles. The van der Waals surface area contributed by atoms with Crippen molar-refractivity contribution < 1.29 is 4.79 Å². The van der Waals surface area contributed by atoms with E-state index in [1.807, 2.05) is 0 Å². The maximum Gasteiger partial charge on any atom is 0.228 e. The van der Waals surface area contributed by atoms with Crippen molar-refractivity contribution in [2.75, 3.05) is 13.1 Å². The first-order chi connectivity index (χ1) is 9.60. The smallest absolute Gasteiger partial charge is 0.228 e. The van der Waals surface area contributed by atoms with Crippen molar-refractivity contribution in [3.63, 3.8) is 0 Å². The van der Waals surface area contributed by atoms with Crippen LogP contribution in [0.4, 0.5) is 0 Å². The second-order valence-corrected chi connectivity index (χ2v) is 7.05. The van der Waals surface area contributed by atoms with Crippen LogP contribution in [-0.2, 0) is 4.79 Å². The van der Waals surface area contributed by atoms with E-state index in [1.165, 1.54) is 4.88 Å². The van der Waals surface area contributed by atoms with Crippen LogP contribution in [-0.4, -0.2) is 19.0 Å². The molecule has 0 bridgehead atoms. The minimum absolute atomic E-state index is 0.170. The third-order valence-corrected chi connectivity index (χ3v) is 5.50. The van der Waals surface area contributed by atoms with Gasteiger partial charge in [-0.2, -0.15) is 0 Å². The van der Waals surface area contributed by atoms with Gasteiger partial charge in [0.15, 0.2) is 0 Å².